The number of amides is 1. The van der Waals surface area contributed by atoms with Gasteiger partial charge in [0.25, 0.3) is 5.91 Å². The van der Waals surface area contributed by atoms with Crippen molar-refractivity contribution in [2.24, 2.45) is 0 Å². The van der Waals surface area contributed by atoms with Crippen molar-refractivity contribution >= 4 is 5.91 Å². The van der Waals surface area contributed by atoms with Crippen molar-refractivity contribution < 1.29 is 14.5 Å². The molecule has 0 spiro atoms. The molecule has 1 heterocycles. The molecule has 2 rings (SSSR count). The predicted molar refractivity (Wildman–Crippen MR) is 62.8 cm³/mol. The molecule has 0 fully saturated rings. The van der Waals surface area contributed by atoms with Crippen LogP contribution in [0, 0.1) is 6.92 Å². The van der Waals surface area contributed by atoms with Gasteiger partial charge in [0.1, 0.15) is 5.69 Å². The summed E-state index contributed by atoms with van der Waals surface area (Å²) >= 11 is 0. The maximum atomic E-state index is 11.9. The van der Waals surface area contributed by atoms with Crippen LogP contribution < -0.4 is 5.32 Å². The number of hydrogen-bond donors (Lipinski definition) is 2. The normalized spacial score (nSPS) is 12.1. The molecule has 1 amide bonds. The Morgan fingerprint density at radius 1 is 1.39 bits per heavy atom. The smallest absolute Gasteiger partial charge is 0.276 e. The van der Waals surface area contributed by atoms with Gasteiger partial charge >= 0.3 is 0 Å². The van der Waals surface area contributed by atoms with Crippen LogP contribution in [-0.2, 0) is 0 Å². The second-order valence-electron chi connectivity index (χ2n) is 3.82. The molecule has 6 nitrogen and oxygen atoms in total. The van der Waals surface area contributed by atoms with E-state index >= 15 is 0 Å². The van der Waals surface area contributed by atoms with Gasteiger partial charge in [0.2, 0.25) is 0 Å². The van der Waals surface area contributed by atoms with E-state index in [2.05, 4.69) is 20.3 Å². The third-order valence-electron chi connectivity index (χ3n) is 2.56. The molecule has 1 atom stereocenters. The van der Waals surface area contributed by atoms with E-state index in [0.717, 1.165) is 5.56 Å². The first-order chi connectivity index (χ1) is 8.72. The van der Waals surface area contributed by atoms with Gasteiger partial charge in [-0.1, -0.05) is 35.5 Å². The number of aromatic nitrogens is 2. The molecule has 1 aromatic heterocycles. The molecule has 0 bridgehead atoms. The first-order valence-corrected chi connectivity index (χ1v) is 5.48. The van der Waals surface area contributed by atoms with Crippen molar-refractivity contribution in [1.29, 1.82) is 0 Å². The van der Waals surface area contributed by atoms with Gasteiger partial charge < -0.3 is 10.4 Å². The minimum atomic E-state index is -0.477. The van der Waals surface area contributed by atoms with Crippen LogP contribution in [0.1, 0.15) is 27.8 Å². The first-order valence-electron chi connectivity index (χ1n) is 5.48. The standard InChI is InChI=1S/C12H13N3O3/c1-8-11(15-18-14-8)12(17)13-10(7-16)9-5-3-2-4-6-9/h2-6,10,16H,7H2,1H3,(H,13,17). The van der Waals surface area contributed by atoms with Crippen LogP contribution in [0.15, 0.2) is 35.0 Å². The van der Waals surface area contributed by atoms with Crippen LogP contribution in [-0.4, -0.2) is 27.9 Å². The van der Waals surface area contributed by atoms with E-state index in [1.54, 1.807) is 6.92 Å². The molecule has 94 valence electrons. The van der Waals surface area contributed by atoms with Gasteiger partial charge in [-0.15, -0.1) is 0 Å². The predicted octanol–water partition coefficient (Wildman–Crippen LogP) is 0.841. The molecule has 18 heavy (non-hydrogen) atoms. The lowest BCUT2D eigenvalue weighted by Gasteiger charge is -2.15. The molecule has 0 aliphatic rings. The quantitative estimate of drug-likeness (QED) is 0.835. The van der Waals surface area contributed by atoms with Crippen molar-refractivity contribution in [1.82, 2.24) is 15.6 Å². The van der Waals surface area contributed by atoms with Crippen LogP contribution in [0.25, 0.3) is 0 Å². The monoisotopic (exact) mass is 247 g/mol. The lowest BCUT2D eigenvalue weighted by Crippen LogP contribution is -2.31. The summed E-state index contributed by atoms with van der Waals surface area (Å²) in [4.78, 5) is 11.9. The first kappa shape index (κ1) is 12.3. The van der Waals surface area contributed by atoms with Crippen molar-refractivity contribution in [2.75, 3.05) is 6.61 Å². The lowest BCUT2D eigenvalue weighted by molar-refractivity contribution is 0.0906. The Labute approximate surface area is 104 Å². The van der Waals surface area contributed by atoms with Crippen LogP contribution >= 0.6 is 0 Å². The number of benzene rings is 1. The lowest BCUT2D eigenvalue weighted by atomic mass is 10.1. The summed E-state index contributed by atoms with van der Waals surface area (Å²) in [6.07, 6.45) is 0. The van der Waals surface area contributed by atoms with Crippen LogP contribution in [0.4, 0.5) is 0 Å². The summed E-state index contributed by atoms with van der Waals surface area (Å²) in [5.41, 5.74) is 1.36. The average Bonchev–Trinajstić information content (AvgIpc) is 2.83. The van der Waals surface area contributed by atoms with Crippen molar-refractivity contribution in [2.45, 2.75) is 13.0 Å². The molecule has 0 saturated carbocycles. The number of hydrogen-bond acceptors (Lipinski definition) is 5. The summed E-state index contributed by atoms with van der Waals surface area (Å²) in [6.45, 7) is 1.43. The number of carbonyl (C=O) groups is 1. The summed E-state index contributed by atoms with van der Waals surface area (Å²) in [7, 11) is 0. The summed E-state index contributed by atoms with van der Waals surface area (Å²) in [5.74, 6) is -0.420. The topological polar surface area (TPSA) is 88.2 Å². The zero-order valence-corrected chi connectivity index (χ0v) is 9.83. The largest absolute Gasteiger partial charge is 0.394 e. The van der Waals surface area contributed by atoms with Gasteiger partial charge in [-0.3, -0.25) is 4.79 Å². The highest BCUT2D eigenvalue weighted by molar-refractivity contribution is 5.93. The van der Waals surface area contributed by atoms with Gasteiger partial charge in [-0.2, -0.15) is 0 Å². The molecule has 0 radical (unpaired) electrons. The Hall–Kier alpha value is -2.21. The zero-order chi connectivity index (χ0) is 13.0. The molecule has 1 unspecified atom stereocenters. The van der Waals surface area contributed by atoms with E-state index < -0.39 is 11.9 Å². The van der Waals surface area contributed by atoms with Gasteiger partial charge in [0.15, 0.2) is 5.69 Å². The molecule has 0 saturated heterocycles. The van der Waals surface area contributed by atoms with Crippen LogP contribution in [0.2, 0.25) is 0 Å². The number of aliphatic hydroxyl groups is 1. The van der Waals surface area contributed by atoms with E-state index in [4.69, 9.17) is 0 Å². The van der Waals surface area contributed by atoms with Gasteiger partial charge in [-0.25, -0.2) is 4.63 Å². The zero-order valence-electron chi connectivity index (χ0n) is 9.83. The maximum absolute atomic E-state index is 11.9. The van der Waals surface area contributed by atoms with Gasteiger partial charge in [0.05, 0.1) is 12.6 Å². The molecule has 6 heteroatoms. The minimum Gasteiger partial charge on any atom is -0.394 e. The van der Waals surface area contributed by atoms with Gasteiger partial charge in [-0.05, 0) is 17.6 Å². The number of nitrogens with zero attached hydrogens (tertiary/aromatic N) is 2. The Balaban J connectivity index is 2.13. The molecule has 2 aromatic rings. The third kappa shape index (κ3) is 2.54. The molecule has 0 aliphatic carbocycles. The molecular weight excluding hydrogens is 234 g/mol. The fraction of sp³-hybridized carbons (Fsp3) is 0.250. The highest BCUT2D eigenvalue weighted by Crippen LogP contribution is 2.12. The van der Waals surface area contributed by atoms with Crippen molar-refractivity contribution in [3.8, 4) is 0 Å². The summed E-state index contributed by atoms with van der Waals surface area (Å²) in [5, 5.41) is 19.0. The van der Waals surface area contributed by atoms with E-state index in [9.17, 15) is 9.90 Å². The average molecular weight is 247 g/mol. The second-order valence-corrected chi connectivity index (χ2v) is 3.82. The van der Waals surface area contributed by atoms with E-state index in [1.165, 1.54) is 0 Å². The third-order valence-corrected chi connectivity index (χ3v) is 2.56. The molecule has 2 N–H and O–H groups in total. The number of aryl methyl sites for hydroxylation is 1. The highest BCUT2D eigenvalue weighted by Gasteiger charge is 2.19. The highest BCUT2D eigenvalue weighted by atomic mass is 16.6. The van der Waals surface area contributed by atoms with E-state index in [0.29, 0.717) is 5.69 Å². The fourth-order valence-corrected chi connectivity index (χ4v) is 1.58. The van der Waals surface area contributed by atoms with Crippen LogP contribution in [0.3, 0.4) is 0 Å². The minimum absolute atomic E-state index is 0.129. The SMILES string of the molecule is Cc1nonc1C(=O)NC(CO)c1ccccc1. The van der Waals surface area contributed by atoms with Crippen molar-refractivity contribution in [3.63, 3.8) is 0 Å². The fourth-order valence-electron chi connectivity index (χ4n) is 1.58. The van der Waals surface area contributed by atoms with Gasteiger partial charge in [0, 0.05) is 0 Å². The summed E-state index contributed by atoms with van der Waals surface area (Å²) < 4.78 is 4.46. The Bertz CT molecular complexity index is 524. The maximum Gasteiger partial charge on any atom is 0.276 e. The van der Waals surface area contributed by atoms with E-state index in [-0.39, 0.29) is 12.3 Å². The van der Waals surface area contributed by atoms with E-state index in [1.807, 2.05) is 30.3 Å². The molecular formula is C12H13N3O3. The Morgan fingerprint density at radius 3 is 2.67 bits per heavy atom. The van der Waals surface area contributed by atoms with Crippen molar-refractivity contribution in [3.05, 3.63) is 47.3 Å². The number of carbonyl (C=O) groups excluding carboxylic acids is 1. The van der Waals surface area contributed by atoms with Crippen LogP contribution in [0.5, 0.6) is 0 Å². The molecule has 0 aliphatic heterocycles. The summed E-state index contributed by atoms with van der Waals surface area (Å²) in [6, 6.07) is 8.73. The number of nitrogens with one attached hydrogen (secondary N) is 1. The number of aliphatic hydroxyl groups excluding tert-OH is 1. The second kappa shape index (κ2) is 5.42. The number of rotatable bonds is 4. The Kier molecular flexibility index (Phi) is 3.69. The molecule has 1 aromatic carbocycles. The Morgan fingerprint density at radius 2 is 2.11 bits per heavy atom.